The summed E-state index contributed by atoms with van der Waals surface area (Å²) >= 11 is 5.34. The van der Waals surface area contributed by atoms with Crippen molar-refractivity contribution in [2.24, 2.45) is 0 Å². The number of carbonyl (C=O) groups excluding carboxylic acids is 2. The van der Waals surface area contributed by atoms with Crippen molar-refractivity contribution in [2.75, 3.05) is 12.9 Å². The maximum atomic E-state index is 10.9. The molecule has 15 heavy (non-hydrogen) atoms. The summed E-state index contributed by atoms with van der Waals surface area (Å²) < 4.78 is 0. The zero-order valence-corrected chi connectivity index (χ0v) is 9.54. The maximum absolute atomic E-state index is 10.9. The second-order valence-corrected chi connectivity index (χ2v) is 3.00. The van der Waals surface area contributed by atoms with Gasteiger partial charge in [-0.3, -0.25) is 9.59 Å². The lowest BCUT2D eigenvalue weighted by atomic mass is 10.2. The third-order valence-electron chi connectivity index (χ3n) is 1.57. The molecule has 0 saturated heterocycles. The number of Topliss-reactive ketones (excluding diaryl/α,β-unsaturated/α-hetero) is 1. The van der Waals surface area contributed by atoms with Crippen LogP contribution in [-0.4, -0.2) is 24.6 Å². The lowest BCUT2D eigenvalue weighted by molar-refractivity contribution is -0.118. The Labute approximate surface area is 94.4 Å². The Balaban J connectivity index is 0.000000336. The molecule has 1 N–H and O–H groups in total. The molecule has 1 aromatic carbocycles. The Bertz CT molecular complexity index is 312. The average Bonchev–Trinajstić information content (AvgIpc) is 2.30. The van der Waals surface area contributed by atoms with E-state index >= 15 is 0 Å². The molecule has 0 fully saturated rings. The quantitative estimate of drug-likeness (QED) is 0.619. The van der Waals surface area contributed by atoms with E-state index < -0.39 is 0 Å². The molecule has 0 bridgehead atoms. The molecule has 1 aromatic rings. The highest BCUT2D eigenvalue weighted by Gasteiger charge is 1.99. The van der Waals surface area contributed by atoms with Gasteiger partial charge in [-0.2, -0.15) is 0 Å². The highest BCUT2D eigenvalue weighted by atomic mass is 35.5. The van der Waals surface area contributed by atoms with Gasteiger partial charge in [0.05, 0.1) is 5.88 Å². The molecule has 0 aromatic heterocycles. The molecule has 0 saturated carbocycles. The van der Waals surface area contributed by atoms with Crippen LogP contribution in [0.25, 0.3) is 0 Å². The third-order valence-corrected chi connectivity index (χ3v) is 1.81. The highest BCUT2D eigenvalue weighted by Crippen LogP contribution is 2.00. The van der Waals surface area contributed by atoms with Crippen molar-refractivity contribution in [3.05, 3.63) is 35.9 Å². The van der Waals surface area contributed by atoms with Crippen molar-refractivity contribution in [1.29, 1.82) is 0 Å². The molecule has 0 unspecified atom stereocenters. The minimum atomic E-state index is -0.0257. The lowest BCUT2D eigenvalue weighted by Gasteiger charge is -1.92. The molecule has 0 spiro atoms. The monoisotopic (exact) mass is 227 g/mol. The fourth-order valence-corrected chi connectivity index (χ4v) is 0.856. The van der Waals surface area contributed by atoms with E-state index in [1.165, 1.54) is 6.92 Å². The summed E-state index contributed by atoms with van der Waals surface area (Å²) in [6.45, 7) is 1.47. The van der Waals surface area contributed by atoms with Crippen LogP contribution in [0.1, 0.15) is 17.3 Å². The predicted molar refractivity (Wildman–Crippen MR) is 61.2 cm³/mol. The second-order valence-electron chi connectivity index (χ2n) is 2.73. The van der Waals surface area contributed by atoms with Crippen molar-refractivity contribution >= 4 is 23.3 Å². The number of hydrogen-bond acceptors (Lipinski definition) is 2. The van der Waals surface area contributed by atoms with Crippen LogP contribution in [0.2, 0.25) is 0 Å². The minimum absolute atomic E-state index is 0.00463. The number of alkyl halides is 1. The third kappa shape index (κ3) is 6.69. The van der Waals surface area contributed by atoms with Gasteiger partial charge in [0.1, 0.15) is 0 Å². The largest absolute Gasteiger partial charge is 0.359 e. The van der Waals surface area contributed by atoms with Crippen molar-refractivity contribution in [3.63, 3.8) is 0 Å². The van der Waals surface area contributed by atoms with E-state index in [9.17, 15) is 9.59 Å². The van der Waals surface area contributed by atoms with Gasteiger partial charge in [-0.15, -0.1) is 11.6 Å². The summed E-state index contributed by atoms with van der Waals surface area (Å²) in [5.74, 6) is 0.0385. The second kappa shape index (κ2) is 8.00. The van der Waals surface area contributed by atoms with Crippen LogP contribution in [-0.2, 0) is 4.79 Å². The summed E-state index contributed by atoms with van der Waals surface area (Å²) in [6.07, 6.45) is 0. The van der Waals surface area contributed by atoms with Gasteiger partial charge in [0.2, 0.25) is 5.91 Å². The average molecular weight is 228 g/mol. The standard InChI is InChI=1S/C8H7ClO.C3H7NO/c9-6-8(10)7-4-2-1-3-5-7;1-3(5)4-2/h1-5H,6H2;1-2H3,(H,4,5). The molecular formula is C11H14ClNO2. The highest BCUT2D eigenvalue weighted by molar-refractivity contribution is 6.30. The van der Waals surface area contributed by atoms with E-state index in [2.05, 4.69) is 5.32 Å². The summed E-state index contributed by atoms with van der Waals surface area (Å²) in [5, 5.41) is 2.39. The number of amides is 1. The first kappa shape index (κ1) is 13.7. The first-order valence-corrected chi connectivity index (χ1v) is 4.97. The summed E-state index contributed by atoms with van der Waals surface area (Å²) in [5.41, 5.74) is 0.678. The fourth-order valence-electron chi connectivity index (χ4n) is 0.701. The van der Waals surface area contributed by atoms with Crippen LogP contribution < -0.4 is 5.32 Å². The van der Waals surface area contributed by atoms with Crippen LogP contribution in [0.4, 0.5) is 0 Å². The molecule has 0 aliphatic carbocycles. The summed E-state index contributed by atoms with van der Waals surface area (Å²) in [7, 11) is 1.60. The number of halogens is 1. The van der Waals surface area contributed by atoms with Crippen LogP contribution in [0.3, 0.4) is 0 Å². The van der Waals surface area contributed by atoms with Gasteiger partial charge in [-0.25, -0.2) is 0 Å². The van der Waals surface area contributed by atoms with Crippen molar-refractivity contribution < 1.29 is 9.59 Å². The molecular weight excluding hydrogens is 214 g/mol. The van der Waals surface area contributed by atoms with Crippen LogP contribution in [0.15, 0.2) is 30.3 Å². The molecule has 3 nitrogen and oxygen atoms in total. The van der Waals surface area contributed by atoms with Gasteiger partial charge in [0.25, 0.3) is 0 Å². The van der Waals surface area contributed by atoms with Gasteiger partial charge in [-0.1, -0.05) is 30.3 Å². The first-order valence-electron chi connectivity index (χ1n) is 4.44. The normalized spacial score (nSPS) is 8.47. The van der Waals surface area contributed by atoms with E-state index in [-0.39, 0.29) is 17.6 Å². The van der Waals surface area contributed by atoms with E-state index in [1.54, 1.807) is 19.2 Å². The number of rotatable bonds is 2. The molecule has 4 heteroatoms. The van der Waals surface area contributed by atoms with Crippen molar-refractivity contribution in [1.82, 2.24) is 5.32 Å². The Kier molecular flexibility index (Phi) is 7.28. The Morgan fingerprint density at radius 1 is 1.27 bits per heavy atom. The topological polar surface area (TPSA) is 46.2 Å². The Morgan fingerprint density at radius 2 is 1.73 bits per heavy atom. The summed E-state index contributed by atoms with van der Waals surface area (Å²) in [6, 6.07) is 9.01. The van der Waals surface area contributed by atoms with E-state index in [0.717, 1.165) is 0 Å². The molecule has 0 atom stereocenters. The first-order chi connectivity index (χ1) is 7.11. The lowest BCUT2D eigenvalue weighted by Crippen LogP contribution is -2.11. The molecule has 0 heterocycles. The zero-order valence-electron chi connectivity index (χ0n) is 8.79. The van der Waals surface area contributed by atoms with Gasteiger partial charge in [0, 0.05) is 19.5 Å². The van der Waals surface area contributed by atoms with Gasteiger partial charge < -0.3 is 5.32 Å². The molecule has 82 valence electrons. The van der Waals surface area contributed by atoms with Gasteiger partial charge >= 0.3 is 0 Å². The van der Waals surface area contributed by atoms with Crippen LogP contribution in [0.5, 0.6) is 0 Å². The number of nitrogens with one attached hydrogen (secondary N) is 1. The van der Waals surface area contributed by atoms with E-state index in [0.29, 0.717) is 5.56 Å². The molecule has 0 radical (unpaired) electrons. The molecule has 1 amide bonds. The van der Waals surface area contributed by atoms with Crippen molar-refractivity contribution in [3.8, 4) is 0 Å². The number of carbonyl (C=O) groups is 2. The number of ketones is 1. The Hall–Kier alpha value is -1.35. The smallest absolute Gasteiger partial charge is 0.216 e. The maximum Gasteiger partial charge on any atom is 0.216 e. The van der Waals surface area contributed by atoms with Crippen LogP contribution >= 0.6 is 11.6 Å². The van der Waals surface area contributed by atoms with E-state index in [1.807, 2.05) is 18.2 Å². The molecule has 1 rings (SSSR count). The van der Waals surface area contributed by atoms with Gasteiger partial charge in [0.15, 0.2) is 5.78 Å². The Morgan fingerprint density at radius 3 is 2.07 bits per heavy atom. The number of hydrogen-bond donors (Lipinski definition) is 1. The van der Waals surface area contributed by atoms with Crippen molar-refractivity contribution in [2.45, 2.75) is 6.92 Å². The molecule has 0 aliphatic heterocycles. The summed E-state index contributed by atoms with van der Waals surface area (Å²) in [4.78, 5) is 20.6. The predicted octanol–water partition coefficient (Wildman–Crippen LogP) is 1.86. The SMILES string of the molecule is CNC(C)=O.O=C(CCl)c1ccccc1. The van der Waals surface area contributed by atoms with Gasteiger partial charge in [-0.05, 0) is 0 Å². The van der Waals surface area contributed by atoms with Crippen LogP contribution in [0, 0.1) is 0 Å². The molecule has 0 aliphatic rings. The zero-order chi connectivity index (χ0) is 11.7. The minimum Gasteiger partial charge on any atom is -0.359 e. The fraction of sp³-hybridized carbons (Fsp3) is 0.273. The number of benzene rings is 1. The van der Waals surface area contributed by atoms with E-state index in [4.69, 9.17) is 11.6 Å².